The molecule has 0 saturated carbocycles. The first-order valence-corrected chi connectivity index (χ1v) is 10.4. The summed E-state index contributed by atoms with van der Waals surface area (Å²) in [6.45, 7) is 4.13. The van der Waals surface area contributed by atoms with E-state index in [0.717, 1.165) is 17.0 Å². The molecule has 1 heterocycles. The number of hydrogen-bond donors (Lipinski definition) is 2. The Bertz CT molecular complexity index is 1010. The number of sulfonamides is 1. The molecule has 0 atom stereocenters. The maximum atomic E-state index is 12.6. The van der Waals surface area contributed by atoms with Gasteiger partial charge in [0.05, 0.1) is 23.9 Å². The molecule has 0 bridgehead atoms. The third kappa shape index (κ3) is 4.80. The van der Waals surface area contributed by atoms with Crippen LogP contribution in [-0.4, -0.2) is 20.5 Å². The molecule has 6 nitrogen and oxygen atoms in total. The van der Waals surface area contributed by atoms with Crippen LogP contribution in [0.1, 0.15) is 25.3 Å². The molecule has 0 fully saturated rings. The minimum absolute atomic E-state index is 0.220. The molecule has 0 saturated heterocycles. The molecular weight excluding hydrogens is 374 g/mol. The van der Waals surface area contributed by atoms with E-state index in [-0.39, 0.29) is 4.90 Å². The molecule has 0 aliphatic rings. The van der Waals surface area contributed by atoms with Crippen LogP contribution >= 0.6 is 0 Å². The molecule has 0 aliphatic carbocycles. The van der Waals surface area contributed by atoms with E-state index in [1.165, 1.54) is 6.20 Å². The predicted molar refractivity (Wildman–Crippen MR) is 112 cm³/mol. The molecule has 28 heavy (non-hydrogen) atoms. The molecule has 0 aliphatic heterocycles. The second-order valence-electron chi connectivity index (χ2n) is 6.61. The zero-order valence-corrected chi connectivity index (χ0v) is 16.8. The Kier molecular flexibility index (Phi) is 5.84. The lowest BCUT2D eigenvalue weighted by molar-refractivity contribution is 0.415. The number of hydrogen-bond acceptors (Lipinski definition) is 5. The van der Waals surface area contributed by atoms with E-state index in [2.05, 4.69) is 28.9 Å². The van der Waals surface area contributed by atoms with E-state index >= 15 is 0 Å². The van der Waals surface area contributed by atoms with Crippen LogP contribution in [0.5, 0.6) is 5.75 Å². The Labute approximate surface area is 165 Å². The Hall–Kier alpha value is -3.06. The zero-order chi connectivity index (χ0) is 20.1. The van der Waals surface area contributed by atoms with Crippen LogP contribution in [0.4, 0.5) is 17.2 Å². The highest BCUT2D eigenvalue weighted by molar-refractivity contribution is 7.92. The summed E-state index contributed by atoms with van der Waals surface area (Å²) in [7, 11) is -2.05. The Morgan fingerprint density at radius 2 is 1.54 bits per heavy atom. The van der Waals surface area contributed by atoms with E-state index in [0.29, 0.717) is 17.4 Å². The standard InChI is InChI=1S/C21H23N3O3S/c1-15(2)16-4-11-20(12-5-16)28(25,26)24-18-8-13-21(22-14-18)23-17-6-9-19(27-3)10-7-17/h4-15,24H,1-3H3,(H,22,23). The van der Waals surface area contributed by atoms with Crippen molar-refractivity contribution in [2.75, 3.05) is 17.1 Å². The van der Waals surface area contributed by atoms with E-state index in [1.54, 1.807) is 31.4 Å². The van der Waals surface area contributed by atoms with Crippen molar-refractivity contribution in [1.82, 2.24) is 4.98 Å². The molecule has 146 valence electrons. The number of methoxy groups -OCH3 is 1. The monoisotopic (exact) mass is 397 g/mol. The lowest BCUT2D eigenvalue weighted by atomic mass is 10.0. The van der Waals surface area contributed by atoms with Crippen LogP contribution in [0.3, 0.4) is 0 Å². The highest BCUT2D eigenvalue weighted by Crippen LogP contribution is 2.22. The number of rotatable bonds is 7. The quantitative estimate of drug-likeness (QED) is 0.601. The van der Waals surface area contributed by atoms with Gasteiger partial charge in [0, 0.05) is 5.69 Å². The summed E-state index contributed by atoms with van der Waals surface area (Å²) in [6, 6.07) is 17.7. The Morgan fingerprint density at radius 3 is 2.07 bits per heavy atom. The minimum atomic E-state index is -3.66. The summed E-state index contributed by atoms with van der Waals surface area (Å²) in [5.41, 5.74) is 2.34. The molecule has 2 aromatic carbocycles. The van der Waals surface area contributed by atoms with Gasteiger partial charge in [-0.05, 0) is 60.0 Å². The molecule has 1 aromatic heterocycles. The average Bonchev–Trinajstić information content (AvgIpc) is 2.70. The second-order valence-corrected chi connectivity index (χ2v) is 8.30. The van der Waals surface area contributed by atoms with Crippen molar-refractivity contribution in [1.29, 1.82) is 0 Å². The summed E-state index contributed by atoms with van der Waals surface area (Å²) in [6.07, 6.45) is 1.48. The molecule has 0 amide bonds. The van der Waals surface area contributed by atoms with Gasteiger partial charge in [-0.25, -0.2) is 13.4 Å². The van der Waals surface area contributed by atoms with Crippen molar-refractivity contribution in [3.63, 3.8) is 0 Å². The summed E-state index contributed by atoms with van der Waals surface area (Å²) in [4.78, 5) is 4.48. The van der Waals surface area contributed by atoms with Gasteiger partial charge in [0.1, 0.15) is 11.6 Å². The predicted octanol–water partition coefficient (Wildman–Crippen LogP) is 4.76. The zero-order valence-electron chi connectivity index (χ0n) is 16.0. The van der Waals surface area contributed by atoms with Crippen LogP contribution in [0.15, 0.2) is 71.8 Å². The molecule has 0 spiro atoms. The first-order chi connectivity index (χ1) is 13.4. The third-order valence-electron chi connectivity index (χ3n) is 4.24. The van der Waals surface area contributed by atoms with Gasteiger partial charge in [-0.1, -0.05) is 26.0 Å². The molecular formula is C21H23N3O3S. The summed E-state index contributed by atoms with van der Waals surface area (Å²) in [5, 5.41) is 3.15. The lowest BCUT2D eigenvalue weighted by Crippen LogP contribution is -2.13. The summed E-state index contributed by atoms with van der Waals surface area (Å²) < 4.78 is 32.8. The fourth-order valence-electron chi connectivity index (χ4n) is 2.60. The number of ether oxygens (including phenoxy) is 1. The van der Waals surface area contributed by atoms with E-state index in [1.807, 2.05) is 36.4 Å². The van der Waals surface area contributed by atoms with Crippen molar-refractivity contribution in [3.05, 3.63) is 72.4 Å². The molecule has 3 aromatic rings. The van der Waals surface area contributed by atoms with Gasteiger partial charge < -0.3 is 10.1 Å². The van der Waals surface area contributed by atoms with Gasteiger partial charge in [-0.3, -0.25) is 4.72 Å². The van der Waals surface area contributed by atoms with Crippen LogP contribution in [0, 0.1) is 0 Å². The van der Waals surface area contributed by atoms with Gasteiger partial charge in [0.15, 0.2) is 0 Å². The maximum Gasteiger partial charge on any atom is 0.261 e. The highest BCUT2D eigenvalue weighted by atomic mass is 32.2. The first kappa shape index (κ1) is 19.7. The lowest BCUT2D eigenvalue weighted by Gasteiger charge is -2.11. The van der Waals surface area contributed by atoms with Crippen molar-refractivity contribution in [3.8, 4) is 5.75 Å². The van der Waals surface area contributed by atoms with Gasteiger partial charge >= 0.3 is 0 Å². The number of anilines is 3. The maximum absolute atomic E-state index is 12.6. The van der Waals surface area contributed by atoms with Gasteiger partial charge in [-0.15, -0.1) is 0 Å². The number of benzene rings is 2. The normalized spacial score (nSPS) is 11.3. The van der Waals surface area contributed by atoms with Gasteiger partial charge in [-0.2, -0.15) is 0 Å². The fraction of sp³-hybridized carbons (Fsp3) is 0.190. The number of nitrogens with zero attached hydrogens (tertiary/aromatic N) is 1. The van der Waals surface area contributed by atoms with Crippen molar-refractivity contribution < 1.29 is 13.2 Å². The van der Waals surface area contributed by atoms with Crippen LogP contribution in [0.25, 0.3) is 0 Å². The number of nitrogens with one attached hydrogen (secondary N) is 2. The van der Waals surface area contributed by atoms with Crippen molar-refractivity contribution >= 4 is 27.2 Å². The van der Waals surface area contributed by atoms with Crippen molar-refractivity contribution in [2.45, 2.75) is 24.7 Å². The van der Waals surface area contributed by atoms with Gasteiger partial charge in [0.2, 0.25) is 0 Å². The second kappa shape index (κ2) is 8.31. The minimum Gasteiger partial charge on any atom is -0.497 e. The number of pyridine rings is 1. The Balaban J connectivity index is 1.68. The van der Waals surface area contributed by atoms with E-state index in [9.17, 15) is 8.42 Å². The average molecular weight is 398 g/mol. The fourth-order valence-corrected chi connectivity index (χ4v) is 3.64. The van der Waals surface area contributed by atoms with E-state index < -0.39 is 10.0 Å². The molecule has 3 rings (SSSR count). The smallest absolute Gasteiger partial charge is 0.261 e. The van der Waals surface area contributed by atoms with Crippen LogP contribution in [0.2, 0.25) is 0 Å². The topological polar surface area (TPSA) is 80.3 Å². The Morgan fingerprint density at radius 1 is 0.893 bits per heavy atom. The summed E-state index contributed by atoms with van der Waals surface area (Å²) >= 11 is 0. The van der Waals surface area contributed by atoms with Crippen molar-refractivity contribution in [2.24, 2.45) is 0 Å². The molecule has 7 heteroatoms. The highest BCUT2D eigenvalue weighted by Gasteiger charge is 2.14. The summed E-state index contributed by atoms with van der Waals surface area (Å²) in [5.74, 6) is 1.72. The third-order valence-corrected chi connectivity index (χ3v) is 5.63. The first-order valence-electron chi connectivity index (χ1n) is 8.87. The van der Waals surface area contributed by atoms with E-state index in [4.69, 9.17) is 4.74 Å². The SMILES string of the molecule is COc1ccc(Nc2ccc(NS(=O)(=O)c3ccc(C(C)C)cc3)cn2)cc1. The van der Waals surface area contributed by atoms with Crippen LogP contribution in [-0.2, 0) is 10.0 Å². The molecule has 0 unspecified atom stereocenters. The number of aromatic nitrogens is 1. The van der Waals surface area contributed by atoms with Gasteiger partial charge in [0.25, 0.3) is 10.0 Å². The molecule has 0 radical (unpaired) electrons. The largest absolute Gasteiger partial charge is 0.497 e. The van der Waals surface area contributed by atoms with Crippen LogP contribution < -0.4 is 14.8 Å². The molecule has 2 N–H and O–H groups in total.